The number of nitrogens with zero attached hydrogens (tertiary/aromatic N) is 2. The van der Waals surface area contributed by atoms with E-state index in [9.17, 15) is 0 Å². The highest BCUT2D eigenvalue weighted by Gasteiger charge is 2.35. The molecular weight excluding hydrogens is 689 g/mol. The highest BCUT2D eigenvalue weighted by Crippen LogP contribution is 2.51. The lowest BCUT2D eigenvalue weighted by molar-refractivity contribution is 0.661. The van der Waals surface area contributed by atoms with Crippen LogP contribution in [0.5, 0.6) is 0 Å². The van der Waals surface area contributed by atoms with Gasteiger partial charge < -0.3 is 0 Å². The van der Waals surface area contributed by atoms with Crippen LogP contribution in [0, 0.1) is 0 Å². The van der Waals surface area contributed by atoms with Crippen LogP contribution in [0.1, 0.15) is 25.0 Å². The topological polar surface area (TPSA) is 25.8 Å². The van der Waals surface area contributed by atoms with Crippen LogP contribution < -0.4 is 0 Å². The largest absolute Gasteiger partial charge is 0.228 e. The van der Waals surface area contributed by atoms with Crippen molar-refractivity contribution in [3.63, 3.8) is 0 Å². The molecule has 0 aliphatic heterocycles. The molecule has 268 valence electrons. The smallest absolute Gasteiger partial charge is 0.161 e. The van der Waals surface area contributed by atoms with Gasteiger partial charge in [0.05, 0.1) is 11.4 Å². The maximum absolute atomic E-state index is 5.26. The summed E-state index contributed by atoms with van der Waals surface area (Å²) < 4.78 is 0. The first kappa shape index (κ1) is 33.2. The summed E-state index contributed by atoms with van der Waals surface area (Å²) in [5, 5.41) is 7.29. The predicted molar refractivity (Wildman–Crippen MR) is 239 cm³/mol. The van der Waals surface area contributed by atoms with Crippen LogP contribution in [-0.2, 0) is 5.41 Å². The summed E-state index contributed by atoms with van der Waals surface area (Å²) >= 11 is 0. The quantitative estimate of drug-likeness (QED) is 0.176. The average Bonchev–Trinajstić information content (AvgIpc) is 3.49. The van der Waals surface area contributed by atoms with Crippen LogP contribution in [0.2, 0.25) is 0 Å². The molecule has 11 rings (SSSR count). The van der Waals surface area contributed by atoms with E-state index in [2.05, 4.69) is 202 Å². The molecule has 1 aromatic heterocycles. The molecule has 1 aliphatic rings. The zero-order chi connectivity index (χ0) is 38.1. The molecule has 2 heteroatoms. The van der Waals surface area contributed by atoms with Gasteiger partial charge in [-0.05, 0) is 113 Å². The predicted octanol–water partition coefficient (Wildman–Crippen LogP) is 14.6. The molecule has 0 fully saturated rings. The van der Waals surface area contributed by atoms with Gasteiger partial charge in [0.1, 0.15) is 0 Å². The van der Waals surface area contributed by atoms with Crippen LogP contribution in [0.15, 0.2) is 194 Å². The number of aromatic nitrogens is 2. The molecule has 1 heterocycles. The number of benzene rings is 9. The SMILES string of the molecule is CC1(C)c2ccc(-c3ccc(-c4ccc(-c5nc(-c6ccccc6)cc(-c6ccc7ccccc7c6)n5)c5ccccc45)cc3)cc2-c2cc3ccccc3cc21. The molecule has 0 amide bonds. The maximum Gasteiger partial charge on any atom is 0.161 e. The summed E-state index contributed by atoms with van der Waals surface area (Å²) in [5.41, 5.74) is 15.2. The minimum atomic E-state index is -0.0454. The van der Waals surface area contributed by atoms with Gasteiger partial charge in [0.25, 0.3) is 0 Å². The van der Waals surface area contributed by atoms with Gasteiger partial charge in [0.2, 0.25) is 0 Å². The summed E-state index contributed by atoms with van der Waals surface area (Å²) in [6, 6.07) is 70.2. The number of hydrogen-bond acceptors (Lipinski definition) is 2. The number of fused-ring (bicyclic) bond motifs is 6. The van der Waals surface area contributed by atoms with Crippen LogP contribution >= 0.6 is 0 Å². The highest BCUT2D eigenvalue weighted by molar-refractivity contribution is 6.04. The highest BCUT2D eigenvalue weighted by atomic mass is 14.9. The van der Waals surface area contributed by atoms with Crippen LogP contribution in [0.3, 0.4) is 0 Å². The first-order valence-electron chi connectivity index (χ1n) is 19.7. The fourth-order valence-electron chi connectivity index (χ4n) is 9.03. The minimum absolute atomic E-state index is 0.0454. The summed E-state index contributed by atoms with van der Waals surface area (Å²) in [6.45, 7) is 4.71. The second-order valence-electron chi connectivity index (χ2n) is 15.8. The van der Waals surface area contributed by atoms with E-state index in [1.54, 1.807) is 0 Å². The van der Waals surface area contributed by atoms with Gasteiger partial charge in [0, 0.05) is 22.1 Å². The van der Waals surface area contributed by atoms with E-state index in [0.29, 0.717) is 5.82 Å². The van der Waals surface area contributed by atoms with E-state index in [4.69, 9.17) is 9.97 Å². The van der Waals surface area contributed by atoms with Crippen molar-refractivity contribution >= 4 is 32.3 Å². The molecule has 0 radical (unpaired) electrons. The molecule has 0 N–H and O–H groups in total. The molecule has 0 bridgehead atoms. The molecule has 10 aromatic rings. The lowest BCUT2D eigenvalue weighted by Gasteiger charge is -2.22. The van der Waals surface area contributed by atoms with Gasteiger partial charge in [0.15, 0.2) is 5.82 Å². The Morgan fingerprint density at radius 3 is 1.61 bits per heavy atom. The lowest BCUT2D eigenvalue weighted by atomic mass is 9.81. The van der Waals surface area contributed by atoms with E-state index < -0.39 is 0 Å². The molecule has 0 saturated carbocycles. The summed E-state index contributed by atoms with van der Waals surface area (Å²) in [5.74, 6) is 0.715. The first-order chi connectivity index (χ1) is 28.0. The van der Waals surface area contributed by atoms with Gasteiger partial charge in [-0.2, -0.15) is 0 Å². The zero-order valence-corrected chi connectivity index (χ0v) is 31.9. The molecule has 2 nitrogen and oxygen atoms in total. The van der Waals surface area contributed by atoms with Crippen molar-refractivity contribution in [3.05, 3.63) is 205 Å². The Labute approximate surface area is 332 Å². The van der Waals surface area contributed by atoms with Crippen molar-refractivity contribution < 1.29 is 0 Å². The Bertz CT molecular complexity index is 3190. The molecule has 0 spiro atoms. The van der Waals surface area contributed by atoms with Crippen LogP contribution in [-0.4, -0.2) is 9.97 Å². The summed E-state index contributed by atoms with van der Waals surface area (Å²) in [7, 11) is 0. The molecule has 0 saturated heterocycles. The molecule has 1 aliphatic carbocycles. The van der Waals surface area contributed by atoms with E-state index in [0.717, 1.165) is 33.5 Å². The van der Waals surface area contributed by atoms with Gasteiger partial charge in [-0.3, -0.25) is 0 Å². The Hall–Kier alpha value is -7.16. The summed E-state index contributed by atoms with van der Waals surface area (Å²) in [4.78, 5) is 10.5. The van der Waals surface area contributed by atoms with E-state index in [1.165, 1.54) is 71.4 Å². The van der Waals surface area contributed by atoms with Gasteiger partial charge in [-0.15, -0.1) is 0 Å². The minimum Gasteiger partial charge on any atom is -0.228 e. The molecule has 0 atom stereocenters. The molecule has 0 unspecified atom stereocenters. The van der Waals surface area contributed by atoms with Gasteiger partial charge in [-0.1, -0.05) is 172 Å². The third kappa shape index (κ3) is 5.56. The monoisotopic (exact) mass is 726 g/mol. The first-order valence-corrected chi connectivity index (χ1v) is 19.7. The Balaban J connectivity index is 0.983. The lowest BCUT2D eigenvalue weighted by Crippen LogP contribution is -2.14. The third-order valence-electron chi connectivity index (χ3n) is 12.1. The van der Waals surface area contributed by atoms with Crippen molar-refractivity contribution in [1.29, 1.82) is 0 Å². The second kappa shape index (κ2) is 13.0. The average molecular weight is 727 g/mol. The van der Waals surface area contributed by atoms with Gasteiger partial charge >= 0.3 is 0 Å². The van der Waals surface area contributed by atoms with Crippen molar-refractivity contribution in [1.82, 2.24) is 9.97 Å². The van der Waals surface area contributed by atoms with E-state index in [1.807, 2.05) is 6.07 Å². The van der Waals surface area contributed by atoms with Crippen LogP contribution in [0.25, 0.3) is 99.6 Å². The second-order valence-corrected chi connectivity index (χ2v) is 15.8. The third-order valence-corrected chi connectivity index (χ3v) is 12.1. The van der Waals surface area contributed by atoms with Crippen molar-refractivity contribution in [2.24, 2.45) is 0 Å². The van der Waals surface area contributed by atoms with Crippen molar-refractivity contribution in [3.8, 4) is 67.3 Å². The van der Waals surface area contributed by atoms with E-state index in [-0.39, 0.29) is 5.41 Å². The Kier molecular flexibility index (Phi) is 7.55. The van der Waals surface area contributed by atoms with Gasteiger partial charge in [-0.25, -0.2) is 9.97 Å². The molecule has 9 aromatic carbocycles. The Morgan fingerprint density at radius 2 is 0.860 bits per heavy atom. The normalized spacial score (nSPS) is 12.9. The maximum atomic E-state index is 5.26. The van der Waals surface area contributed by atoms with Crippen LogP contribution in [0.4, 0.5) is 0 Å². The van der Waals surface area contributed by atoms with Crippen molar-refractivity contribution in [2.75, 3.05) is 0 Å². The number of rotatable bonds is 5. The number of hydrogen-bond donors (Lipinski definition) is 0. The van der Waals surface area contributed by atoms with E-state index >= 15 is 0 Å². The molecular formula is C55H38N2. The van der Waals surface area contributed by atoms with Crippen molar-refractivity contribution in [2.45, 2.75) is 19.3 Å². The summed E-state index contributed by atoms with van der Waals surface area (Å²) in [6.07, 6.45) is 0. The standard InChI is InChI=1S/C55H38N2/c1-55(2)50-29-26-42(32-48(50)49-31-40-16-8-9-17-41(40)33-51(49)55)36-20-23-37(24-21-36)44-27-28-47(46-19-11-10-18-45(44)46)54-56-52(38-13-4-3-5-14-38)34-53(57-54)43-25-22-35-12-6-7-15-39(35)30-43/h3-34H,1-2H3. The zero-order valence-electron chi connectivity index (χ0n) is 31.9. The fourth-order valence-corrected chi connectivity index (χ4v) is 9.03. The Morgan fingerprint density at radius 1 is 0.316 bits per heavy atom. The molecule has 57 heavy (non-hydrogen) atoms. The fraction of sp³-hybridized carbons (Fsp3) is 0.0545.